The fourth-order valence-corrected chi connectivity index (χ4v) is 2.64. The lowest BCUT2D eigenvalue weighted by molar-refractivity contribution is 0.102. The molecule has 25 heavy (non-hydrogen) atoms. The van der Waals surface area contributed by atoms with Gasteiger partial charge in [-0.05, 0) is 54.8 Å². The van der Waals surface area contributed by atoms with E-state index in [1.165, 1.54) is 11.1 Å². The topological polar surface area (TPSA) is 51.2 Å². The number of anilines is 1. The maximum atomic E-state index is 12.6. The molecule has 0 unspecified atom stereocenters. The lowest BCUT2D eigenvalue weighted by Gasteiger charge is -2.14. The zero-order chi connectivity index (χ0) is 17.6. The highest BCUT2D eigenvalue weighted by molar-refractivity contribution is 6.06. The fraction of sp³-hybridized carbons (Fsp3) is 0.143. The Balaban J connectivity index is 1.78. The number of benzene rings is 2. The van der Waals surface area contributed by atoms with Gasteiger partial charge in [-0.25, -0.2) is 0 Å². The first-order chi connectivity index (χ1) is 12.1. The number of nitrogens with zero attached hydrogens (tertiary/aromatic N) is 1. The summed E-state index contributed by atoms with van der Waals surface area (Å²) >= 11 is 0. The van der Waals surface area contributed by atoms with Crippen LogP contribution in [-0.4, -0.2) is 10.9 Å². The van der Waals surface area contributed by atoms with Gasteiger partial charge in [0.1, 0.15) is 12.4 Å². The van der Waals surface area contributed by atoms with Gasteiger partial charge in [-0.15, -0.1) is 0 Å². The highest BCUT2D eigenvalue weighted by Crippen LogP contribution is 2.22. The number of hydrogen-bond acceptors (Lipinski definition) is 3. The summed E-state index contributed by atoms with van der Waals surface area (Å²) in [5.41, 5.74) is 4.65. The van der Waals surface area contributed by atoms with Crippen LogP contribution in [0.1, 0.15) is 27.0 Å². The van der Waals surface area contributed by atoms with Gasteiger partial charge in [-0.3, -0.25) is 9.78 Å². The molecule has 1 heterocycles. The number of rotatable bonds is 5. The van der Waals surface area contributed by atoms with Crippen molar-refractivity contribution in [2.24, 2.45) is 0 Å². The molecule has 3 aromatic rings. The van der Waals surface area contributed by atoms with Gasteiger partial charge in [0.05, 0.1) is 17.4 Å². The Bertz CT molecular complexity index is 856. The number of aromatic nitrogens is 1. The molecule has 3 rings (SSSR count). The molecule has 1 amide bonds. The van der Waals surface area contributed by atoms with E-state index >= 15 is 0 Å². The molecule has 0 radical (unpaired) electrons. The van der Waals surface area contributed by atoms with E-state index in [0.29, 0.717) is 23.6 Å². The summed E-state index contributed by atoms with van der Waals surface area (Å²) in [4.78, 5) is 16.6. The Morgan fingerprint density at radius 3 is 2.48 bits per heavy atom. The third-order valence-electron chi connectivity index (χ3n) is 4.07. The van der Waals surface area contributed by atoms with Gasteiger partial charge in [0.25, 0.3) is 5.91 Å². The average molecular weight is 332 g/mol. The van der Waals surface area contributed by atoms with Crippen molar-refractivity contribution in [1.82, 2.24) is 4.98 Å². The first-order valence-corrected chi connectivity index (χ1v) is 8.13. The van der Waals surface area contributed by atoms with E-state index in [2.05, 4.69) is 36.3 Å². The largest absolute Gasteiger partial charge is 0.488 e. The molecular weight excluding hydrogens is 312 g/mol. The summed E-state index contributed by atoms with van der Waals surface area (Å²) in [6.45, 7) is 4.55. The maximum Gasteiger partial charge on any atom is 0.259 e. The molecule has 4 nitrogen and oxygen atoms in total. The van der Waals surface area contributed by atoms with Gasteiger partial charge in [0.15, 0.2) is 0 Å². The van der Waals surface area contributed by atoms with Crippen LogP contribution in [0.4, 0.5) is 5.69 Å². The SMILES string of the molecule is Cc1cccc(C)c1COc1ccccc1C(=O)Nc1cccnc1. The lowest BCUT2D eigenvalue weighted by atomic mass is 10.0. The molecule has 0 aliphatic rings. The lowest BCUT2D eigenvalue weighted by Crippen LogP contribution is -2.14. The molecule has 0 bridgehead atoms. The third kappa shape index (κ3) is 4.04. The average Bonchev–Trinajstić information content (AvgIpc) is 2.62. The number of carbonyl (C=O) groups is 1. The molecule has 0 fully saturated rings. The van der Waals surface area contributed by atoms with Crippen molar-refractivity contribution in [3.05, 3.63) is 89.2 Å². The van der Waals surface area contributed by atoms with Crippen molar-refractivity contribution < 1.29 is 9.53 Å². The predicted molar refractivity (Wildman–Crippen MR) is 98.9 cm³/mol. The Kier molecular flexibility index (Phi) is 5.09. The number of nitrogens with one attached hydrogen (secondary N) is 1. The van der Waals surface area contributed by atoms with E-state index in [-0.39, 0.29) is 5.91 Å². The van der Waals surface area contributed by atoms with Crippen LogP contribution < -0.4 is 10.1 Å². The first-order valence-electron chi connectivity index (χ1n) is 8.13. The molecule has 1 aromatic heterocycles. The smallest absolute Gasteiger partial charge is 0.259 e. The third-order valence-corrected chi connectivity index (χ3v) is 4.07. The van der Waals surface area contributed by atoms with Gasteiger partial charge in [0.2, 0.25) is 0 Å². The molecule has 0 spiro atoms. The quantitative estimate of drug-likeness (QED) is 0.747. The predicted octanol–water partition coefficient (Wildman–Crippen LogP) is 4.53. The summed E-state index contributed by atoms with van der Waals surface area (Å²) in [7, 11) is 0. The second kappa shape index (κ2) is 7.62. The highest BCUT2D eigenvalue weighted by Gasteiger charge is 2.13. The molecule has 0 aliphatic heterocycles. The Hall–Kier alpha value is -3.14. The number of amides is 1. The number of hydrogen-bond donors (Lipinski definition) is 1. The van der Waals surface area contributed by atoms with E-state index in [4.69, 9.17) is 4.74 Å². The van der Waals surface area contributed by atoms with Gasteiger partial charge in [-0.2, -0.15) is 0 Å². The van der Waals surface area contributed by atoms with Crippen LogP contribution in [0.5, 0.6) is 5.75 Å². The van der Waals surface area contributed by atoms with Crippen LogP contribution in [0.15, 0.2) is 67.0 Å². The van der Waals surface area contributed by atoms with Crippen LogP contribution in [0, 0.1) is 13.8 Å². The second-order valence-electron chi connectivity index (χ2n) is 5.85. The van der Waals surface area contributed by atoms with Crippen LogP contribution in [-0.2, 0) is 6.61 Å². The van der Waals surface area contributed by atoms with Crippen molar-refractivity contribution in [1.29, 1.82) is 0 Å². The van der Waals surface area contributed by atoms with Crippen LogP contribution in [0.25, 0.3) is 0 Å². The first kappa shape index (κ1) is 16.7. The minimum Gasteiger partial charge on any atom is -0.488 e. The fourth-order valence-electron chi connectivity index (χ4n) is 2.64. The molecule has 0 atom stereocenters. The van der Waals surface area contributed by atoms with E-state index < -0.39 is 0 Å². The van der Waals surface area contributed by atoms with Crippen LogP contribution in [0.3, 0.4) is 0 Å². The Morgan fingerprint density at radius 2 is 1.76 bits per heavy atom. The zero-order valence-electron chi connectivity index (χ0n) is 14.3. The van der Waals surface area contributed by atoms with E-state index in [9.17, 15) is 4.79 Å². The van der Waals surface area contributed by atoms with E-state index in [1.807, 2.05) is 24.3 Å². The molecule has 4 heteroatoms. The molecule has 1 N–H and O–H groups in total. The van der Waals surface area contributed by atoms with E-state index in [0.717, 1.165) is 5.56 Å². The van der Waals surface area contributed by atoms with Crippen molar-refractivity contribution >= 4 is 11.6 Å². The number of para-hydroxylation sites is 1. The summed E-state index contributed by atoms with van der Waals surface area (Å²) in [6, 6.07) is 17.0. The zero-order valence-corrected chi connectivity index (χ0v) is 14.3. The van der Waals surface area contributed by atoms with Crippen LogP contribution >= 0.6 is 0 Å². The van der Waals surface area contributed by atoms with Crippen molar-refractivity contribution in [2.45, 2.75) is 20.5 Å². The van der Waals surface area contributed by atoms with Crippen molar-refractivity contribution in [3.63, 3.8) is 0 Å². The summed E-state index contributed by atoms with van der Waals surface area (Å²) in [6.07, 6.45) is 3.27. The molecule has 0 saturated carbocycles. The maximum absolute atomic E-state index is 12.6. The van der Waals surface area contributed by atoms with Crippen molar-refractivity contribution in [2.75, 3.05) is 5.32 Å². The molecule has 0 aliphatic carbocycles. The summed E-state index contributed by atoms with van der Waals surface area (Å²) < 4.78 is 5.97. The number of carbonyl (C=O) groups excluding carboxylic acids is 1. The summed E-state index contributed by atoms with van der Waals surface area (Å²) in [5, 5.41) is 2.84. The van der Waals surface area contributed by atoms with E-state index in [1.54, 1.807) is 30.6 Å². The van der Waals surface area contributed by atoms with Crippen molar-refractivity contribution in [3.8, 4) is 5.75 Å². The Morgan fingerprint density at radius 1 is 1.00 bits per heavy atom. The highest BCUT2D eigenvalue weighted by atomic mass is 16.5. The normalized spacial score (nSPS) is 10.3. The molecular formula is C21H20N2O2. The van der Waals surface area contributed by atoms with Crippen LogP contribution in [0.2, 0.25) is 0 Å². The molecule has 2 aromatic carbocycles. The minimum absolute atomic E-state index is 0.217. The van der Waals surface area contributed by atoms with Gasteiger partial charge in [-0.1, -0.05) is 30.3 Å². The number of aryl methyl sites for hydroxylation is 2. The van der Waals surface area contributed by atoms with Gasteiger partial charge >= 0.3 is 0 Å². The molecule has 126 valence electrons. The monoisotopic (exact) mass is 332 g/mol. The number of ether oxygens (including phenoxy) is 1. The molecule has 0 saturated heterocycles. The standard InChI is InChI=1S/C21H20N2O2/c1-15-7-5-8-16(2)19(15)14-25-20-11-4-3-10-18(20)21(24)23-17-9-6-12-22-13-17/h3-13H,14H2,1-2H3,(H,23,24). The Labute approximate surface area is 147 Å². The summed E-state index contributed by atoms with van der Waals surface area (Å²) in [5.74, 6) is 0.344. The second-order valence-corrected chi connectivity index (χ2v) is 5.85. The number of pyridine rings is 1. The van der Waals surface area contributed by atoms with Gasteiger partial charge in [0, 0.05) is 6.20 Å². The minimum atomic E-state index is -0.217. The van der Waals surface area contributed by atoms with Gasteiger partial charge < -0.3 is 10.1 Å².